The zero-order valence-corrected chi connectivity index (χ0v) is 13.3. The molecule has 0 spiro atoms. The van der Waals surface area contributed by atoms with Crippen molar-refractivity contribution in [2.75, 3.05) is 13.1 Å². The second-order valence-corrected chi connectivity index (χ2v) is 7.16. The Balaban J connectivity index is 1.88. The van der Waals surface area contributed by atoms with E-state index in [-0.39, 0.29) is 29.0 Å². The van der Waals surface area contributed by atoms with E-state index in [9.17, 15) is 18.0 Å². The van der Waals surface area contributed by atoms with Crippen LogP contribution in [-0.2, 0) is 14.8 Å². The number of rotatable bonds is 8. The Morgan fingerprint density at radius 1 is 1.14 bits per heavy atom. The van der Waals surface area contributed by atoms with Crippen LogP contribution < -0.4 is 10.0 Å². The fourth-order valence-electron chi connectivity index (χ4n) is 2.02. The molecule has 0 aromatic heterocycles. The molecule has 2 rings (SSSR count). The third-order valence-electron chi connectivity index (χ3n) is 3.42. The summed E-state index contributed by atoms with van der Waals surface area (Å²) in [5.74, 6) is 0.0698. The smallest absolute Gasteiger partial charge is 0.240 e. The number of nitrogens with one attached hydrogen (secondary N) is 2. The summed E-state index contributed by atoms with van der Waals surface area (Å²) in [5, 5.41) is 2.60. The van der Waals surface area contributed by atoms with Crippen LogP contribution >= 0.6 is 0 Å². The van der Waals surface area contributed by atoms with Gasteiger partial charge in [0, 0.05) is 31.5 Å². The molecule has 0 atom stereocenters. The molecule has 1 fully saturated rings. The van der Waals surface area contributed by atoms with E-state index in [0.717, 1.165) is 12.8 Å². The molecule has 1 aliphatic rings. The van der Waals surface area contributed by atoms with Gasteiger partial charge in [0.2, 0.25) is 15.9 Å². The van der Waals surface area contributed by atoms with Gasteiger partial charge < -0.3 is 5.32 Å². The number of ketones is 1. The molecule has 120 valence electrons. The van der Waals surface area contributed by atoms with Crippen molar-refractivity contribution in [3.8, 4) is 0 Å². The Morgan fingerprint density at radius 2 is 1.77 bits per heavy atom. The first-order valence-electron chi connectivity index (χ1n) is 7.28. The molecule has 1 aromatic carbocycles. The third kappa shape index (κ3) is 4.64. The Kier molecular flexibility index (Phi) is 5.31. The molecular weight excluding hydrogens is 304 g/mol. The van der Waals surface area contributed by atoms with Gasteiger partial charge in [0.1, 0.15) is 0 Å². The molecule has 6 nitrogen and oxygen atoms in total. The maximum Gasteiger partial charge on any atom is 0.240 e. The highest BCUT2D eigenvalue weighted by Gasteiger charge is 2.30. The van der Waals surface area contributed by atoms with Crippen LogP contribution in [0.4, 0.5) is 0 Å². The van der Waals surface area contributed by atoms with E-state index in [1.54, 1.807) is 12.1 Å². The first-order chi connectivity index (χ1) is 10.4. The summed E-state index contributed by atoms with van der Waals surface area (Å²) in [6.45, 7) is 2.08. The Hall–Kier alpha value is -1.73. The van der Waals surface area contributed by atoms with Crippen molar-refractivity contribution in [2.45, 2.75) is 31.1 Å². The topological polar surface area (TPSA) is 92.3 Å². The number of hydrogen-bond donors (Lipinski definition) is 2. The molecule has 2 N–H and O–H groups in total. The number of sulfonamides is 1. The van der Waals surface area contributed by atoms with Gasteiger partial charge in [-0.15, -0.1) is 0 Å². The quantitative estimate of drug-likeness (QED) is 0.553. The second kappa shape index (κ2) is 7.02. The van der Waals surface area contributed by atoms with Crippen LogP contribution in [0.25, 0.3) is 0 Å². The highest BCUT2D eigenvalue weighted by Crippen LogP contribution is 2.32. The summed E-state index contributed by atoms with van der Waals surface area (Å²) < 4.78 is 26.6. The van der Waals surface area contributed by atoms with E-state index in [1.807, 2.05) is 0 Å². The molecule has 1 aliphatic carbocycles. The van der Waals surface area contributed by atoms with Crippen molar-refractivity contribution < 1.29 is 18.0 Å². The molecule has 1 amide bonds. The summed E-state index contributed by atoms with van der Waals surface area (Å²) in [4.78, 5) is 22.7. The summed E-state index contributed by atoms with van der Waals surface area (Å²) in [5.41, 5.74) is 0.562. The van der Waals surface area contributed by atoms with Crippen LogP contribution in [-0.4, -0.2) is 33.2 Å². The van der Waals surface area contributed by atoms with Crippen molar-refractivity contribution in [3.05, 3.63) is 29.8 Å². The average molecular weight is 324 g/mol. The Labute approximate surface area is 130 Å². The molecule has 0 radical (unpaired) electrons. The van der Waals surface area contributed by atoms with Gasteiger partial charge in [-0.1, -0.05) is 12.1 Å². The van der Waals surface area contributed by atoms with Crippen LogP contribution in [0.15, 0.2) is 29.2 Å². The number of carbonyl (C=O) groups is 2. The molecule has 0 aliphatic heterocycles. The minimum Gasteiger partial charge on any atom is -0.356 e. The SMILES string of the molecule is CC(=O)NCCCNS(=O)(=O)c1ccc(C(=O)C2CC2)cc1. The lowest BCUT2D eigenvalue weighted by molar-refractivity contribution is -0.118. The van der Waals surface area contributed by atoms with E-state index in [1.165, 1.54) is 19.1 Å². The van der Waals surface area contributed by atoms with Crippen LogP contribution in [0.2, 0.25) is 0 Å². The standard InChI is InChI=1S/C15H20N2O4S/c1-11(18)16-9-2-10-17-22(20,21)14-7-5-13(6-8-14)15(19)12-3-4-12/h5-8,12,17H,2-4,9-10H2,1H3,(H,16,18). The van der Waals surface area contributed by atoms with E-state index in [0.29, 0.717) is 18.5 Å². The number of carbonyl (C=O) groups excluding carboxylic acids is 2. The van der Waals surface area contributed by atoms with Gasteiger partial charge in [-0.05, 0) is 31.4 Å². The molecule has 22 heavy (non-hydrogen) atoms. The van der Waals surface area contributed by atoms with Gasteiger partial charge >= 0.3 is 0 Å². The van der Waals surface area contributed by atoms with Crippen LogP contribution in [0.5, 0.6) is 0 Å². The van der Waals surface area contributed by atoms with Crippen molar-refractivity contribution in [1.29, 1.82) is 0 Å². The minimum absolute atomic E-state index is 0.0900. The van der Waals surface area contributed by atoms with Gasteiger partial charge in [0.25, 0.3) is 0 Å². The zero-order valence-electron chi connectivity index (χ0n) is 12.5. The molecule has 0 heterocycles. The molecule has 7 heteroatoms. The second-order valence-electron chi connectivity index (χ2n) is 5.40. The van der Waals surface area contributed by atoms with Crippen LogP contribution in [0.1, 0.15) is 36.5 Å². The van der Waals surface area contributed by atoms with Gasteiger partial charge in [-0.3, -0.25) is 9.59 Å². The number of Topliss-reactive ketones (excluding diaryl/α,β-unsaturated/α-hetero) is 1. The maximum absolute atomic E-state index is 12.1. The van der Waals surface area contributed by atoms with Crippen molar-refractivity contribution in [1.82, 2.24) is 10.0 Å². The van der Waals surface area contributed by atoms with E-state index in [2.05, 4.69) is 10.0 Å². The largest absolute Gasteiger partial charge is 0.356 e. The molecule has 0 unspecified atom stereocenters. The average Bonchev–Trinajstić information content (AvgIpc) is 3.30. The first-order valence-corrected chi connectivity index (χ1v) is 8.77. The Morgan fingerprint density at radius 3 is 2.32 bits per heavy atom. The fourth-order valence-corrected chi connectivity index (χ4v) is 3.10. The number of benzene rings is 1. The lowest BCUT2D eigenvalue weighted by atomic mass is 10.1. The normalized spacial score (nSPS) is 14.6. The minimum atomic E-state index is -3.58. The Bertz CT molecular complexity index is 649. The zero-order chi connectivity index (χ0) is 16.2. The van der Waals surface area contributed by atoms with Gasteiger partial charge in [-0.2, -0.15) is 0 Å². The van der Waals surface area contributed by atoms with Crippen molar-refractivity contribution in [2.24, 2.45) is 5.92 Å². The lowest BCUT2D eigenvalue weighted by Crippen LogP contribution is -2.28. The summed E-state index contributed by atoms with van der Waals surface area (Å²) in [6.07, 6.45) is 2.36. The van der Waals surface area contributed by atoms with Crippen LogP contribution in [0, 0.1) is 5.92 Å². The maximum atomic E-state index is 12.1. The van der Waals surface area contributed by atoms with Crippen LogP contribution in [0.3, 0.4) is 0 Å². The van der Waals surface area contributed by atoms with Gasteiger partial charge in [0.05, 0.1) is 4.90 Å². The lowest BCUT2D eigenvalue weighted by Gasteiger charge is -2.08. The van der Waals surface area contributed by atoms with Crippen molar-refractivity contribution >= 4 is 21.7 Å². The monoisotopic (exact) mass is 324 g/mol. The first kappa shape index (κ1) is 16.6. The summed E-state index contributed by atoms with van der Waals surface area (Å²) in [6, 6.07) is 6.02. The predicted octanol–water partition coefficient (Wildman–Crippen LogP) is 1.08. The number of amides is 1. The number of hydrogen-bond acceptors (Lipinski definition) is 4. The third-order valence-corrected chi connectivity index (χ3v) is 4.89. The van der Waals surface area contributed by atoms with Gasteiger partial charge in [0.15, 0.2) is 5.78 Å². The van der Waals surface area contributed by atoms with E-state index < -0.39 is 10.0 Å². The summed E-state index contributed by atoms with van der Waals surface area (Å²) >= 11 is 0. The van der Waals surface area contributed by atoms with E-state index in [4.69, 9.17) is 0 Å². The molecule has 1 aromatic rings. The van der Waals surface area contributed by atoms with Crippen molar-refractivity contribution in [3.63, 3.8) is 0 Å². The predicted molar refractivity (Wildman–Crippen MR) is 82.0 cm³/mol. The molecule has 1 saturated carbocycles. The molecule has 0 saturated heterocycles. The van der Waals surface area contributed by atoms with E-state index >= 15 is 0 Å². The highest BCUT2D eigenvalue weighted by atomic mass is 32.2. The van der Waals surface area contributed by atoms with Gasteiger partial charge in [-0.25, -0.2) is 13.1 Å². The molecular formula is C15H20N2O4S. The fraction of sp³-hybridized carbons (Fsp3) is 0.467. The highest BCUT2D eigenvalue weighted by molar-refractivity contribution is 7.89. The summed E-state index contributed by atoms with van der Waals surface area (Å²) in [7, 11) is -3.58. The molecule has 0 bridgehead atoms.